The van der Waals surface area contributed by atoms with Gasteiger partial charge in [-0.05, 0) is 18.6 Å². The lowest BCUT2D eigenvalue weighted by Gasteiger charge is -2.03. The number of ketones is 1. The van der Waals surface area contributed by atoms with Crippen molar-refractivity contribution in [2.45, 2.75) is 29.7 Å². The second kappa shape index (κ2) is 3.94. The van der Waals surface area contributed by atoms with E-state index in [1.54, 1.807) is 11.8 Å². The van der Waals surface area contributed by atoms with E-state index >= 15 is 0 Å². The maximum Gasteiger partial charge on any atom is 0.166 e. The first-order chi connectivity index (χ1) is 7.81. The molecule has 0 radical (unpaired) electrons. The maximum absolute atomic E-state index is 11.2. The van der Waals surface area contributed by atoms with E-state index in [0.29, 0.717) is 17.5 Å². The highest BCUT2D eigenvalue weighted by molar-refractivity contribution is 7.99. The predicted molar refractivity (Wildman–Crippen MR) is 64.6 cm³/mol. The highest BCUT2D eigenvalue weighted by atomic mass is 32.2. The molecule has 16 heavy (non-hydrogen) atoms. The number of Topliss-reactive ketones (excluding diaryl/α,β-unsaturated/α-hetero) is 1. The number of aromatic nitrogens is 2. The summed E-state index contributed by atoms with van der Waals surface area (Å²) in [6.07, 6.45) is 2.42. The number of carbonyl (C=O) groups is 1. The lowest BCUT2D eigenvalue weighted by atomic mass is 10.3. The van der Waals surface area contributed by atoms with Crippen LogP contribution < -0.4 is 0 Å². The normalized spacial score (nSPS) is 20.8. The second-order valence-corrected chi connectivity index (χ2v) is 5.37. The van der Waals surface area contributed by atoms with Crippen LogP contribution in [0.5, 0.6) is 0 Å². The summed E-state index contributed by atoms with van der Waals surface area (Å²) in [5.74, 6) is 0.383. The van der Waals surface area contributed by atoms with Crippen molar-refractivity contribution in [3.8, 4) is 0 Å². The summed E-state index contributed by atoms with van der Waals surface area (Å²) in [5.41, 5.74) is 2.06. The average molecular weight is 232 g/mol. The Hall–Kier alpha value is -1.29. The van der Waals surface area contributed by atoms with Crippen LogP contribution in [-0.2, 0) is 4.79 Å². The molecule has 0 saturated heterocycles. The summed E-state index contributed by atoms with van der Waals surface area (Å²) in [6.45, 7) is 0. The Kier molecular flexibility index (Phi) is 2.44. The Morgan fingerprint density at radius 2 is 2.25 bits per heavy atom. The number of hydrogen-bond acceptors (Lipinski definition) is 3. The van der Waals surface area contributed by atoms with E-state index < -0.39 is 0 Å². The van der Waals surface area contributed by atoms with Crippen molar-refractivity contribution in [2.24, 2.45) is 0 Å². The van der Waals surface area contributed by atoms with Gasteiger partial charge < -0.3 is 4.98 Å². The molecule has 1 unspecified atom stereocenters. The number of rotatable bonds is 2. The van der Waals surface area contributed by atoms with Gasteiger partial charge in [-0.25, -0.2) is 4.98 Å². The van der Waals surface area contributed by atoms with Crippen molar-refractivity contribution in [1.29, 1.82) is 0 Å². The van der Waals surface area contributed by atoms with Crippen molar-refractivity contribution in [2.75, 3.05) is 0 Å². The number of benzene rings is 1. The quantitative estimate of drug-likeness (QED) is 0.866. The fourth-order valence-corrected chi connectivity index (χ4v) is 3.16. The number of aromatic amines is 1. The molecule has 1 saturated carbocycles. The molecule has 0 bridgehead atoms. The number of para-hydroxylation sites is 2. The molecular formula is C12H12N2OS. The Balaban J connectivity index is 1.81. The number of imidazole rings is 1. The molecular weight excluding hydrogens is 220 g/mol. The van der Waals surface area contributed by atoms with Gasteiger partial charge in [0.25, 0.3) is 0 Å². The Labute approximate surface area is 97.6 Å². The lowest BCUT2D eigenvalue weighted by Crippen LogP contribution is -1.96. The molecule has 1 aromatic heterocycles. The molecule has 3 rings (SSSR count). The van der Waals surface area contributed by atoms with E-state index in [0.717, 1.165) is 29.0 Å². The fraction of sp³-hybridized carbons (Fsp3) is 0.333. The number of H-pyrrole nitrogens is 1. The van der Waals surface area contributed by atoms with Gasteiger partial charge in [-0.15, -0.1) is 0 Å². The summed E-state index contributed by atoms with van der Waals surface area (Å²) in [7, 11) is 0. The molecule has 82 valence electrons. The van der Waals surface area contributed by atoms with Crippen LogP contribution in [0.15, 0.2) is 29.4 Å². The third kappa shape index (κ3) is 1.85. The van der Waals surface area contributed by atoms with Gasteiger partial charge in [-0.3, -0.25) is 4.79 Å². The molecule has 1 aliphatic carbocycles. The van der Waals surface area contributed by atoms with Crippen LogP contribution in [0.2, 0.25) is 0 Å². The summed E-state index contributed by atoms with van der Waals surface area (Å²) in [5, 5.41) is 1.34. The van der Waals surface area contributed by atoms with Crippen LogP contribution in [0.1, 0.15) is 19.3 Å². The highest BCUT2D eigenvalue weighted by Crippen LogP contribution is 2.32. The summed E-state index contributed by atoms with van der Waals surface area (Å²) in [6, 6.07) is 7.99. The zero-order valence-corrected chi connectivity index (χ0v) is 9.59. The first-order valence-electron chi connectivity index (χ1n) is 5.44. The Bertz CT molecular complexity index is 502. The third-order valence-electron chi connectivity index (χ3n) is 2.85. The van der Waals surface area contributed by atoms with Crippen molar-refractivity contribution in [3.63, 3.8) is 0 Å². The zero-order chi connectivity index (χ0) is 11.0. The van der Waals surface area contributed by atoms with Gasteiger partial charge in [0.05, 0.1) is 11.0 Å². The number of nitrogens with zero attached hydrogens (tertiary/aromatic N) is 1. The predicted octanol–water partition coefficient (Wildman–Crippen LogP) is 2.78. The molecule has 1 fully saturated rings. The van der Waals surface area contributed by atoms with Crippen LogP contribution in [0.4, 0.5) is 0 Å². The van der Waals surface area contributed by atoms with Crippen molar-refractivity contribution in [3.05, 3.63) is 24.3 Å². The first-order valence-corrected chi connectivity index (χ1v) is 6.32. The van der Waals surface area contributed by atoms with E-state index in [4.69, 9.17) is 0 Å². The molecule has 2 aromatic rings. The van der Waals surface area contributed by atoms with Gasteiger partial charge in [0.1, 0.15) is 5.78 Å². The van der Waals surface area contributed by atoms with E-state index in [1.807, 2.05) is 24.3 Å². The van der Waals surface area contributed by atoms with Gasteiger partial charge in [0.15, 0.2) is 5.16 Å². The first kappa shape index (κ1) is 9.90. The van der Waals surface area contributed by atoms with Gasteiger partial charge in [-0.2, -0.15) is 0 Å². The largest absolute Gasteiger partial charge is 0.333 e. The van der Waals surface area contributed by atoms with Crippen LogP contribution in [0.25, 0.3) is 11.0 Å². The molecule has 1 aromatic carbocycles. The SMILES string of the molecule is O=C1CCC(Sc2nc3ccccc3[nH]2)C1. The molecule has 1 heterocycles. The minimum absolute atomic E-state index is 0.383. The third-order valence-corrected chi connectivity index (χ3v) is 4.00. The van der Waals surface area contributed by atoms with Crippen molar-refractivity contribution < 1.29 is 4.79 Å². The Morgan fingerprint density at radius 3 is 3.00 bits per heavy atom. The van der Waals surface area contributed by atoms with E-state index in [9.17, 15) is 4.79 Å². The molecule has 4 heteroatoms. The standard InChI is InChI=1S/C12H12N2OS/c15-8-5-6-9(7-8)16-12-13-10-3-1-2-4-11(10)14-12/h1-4,9H,5-7H2,(H,13,14). The van der Waals surface area contributed by atoms with E-state index in [1.165, 1.54) is 0 Å². The summed E-state index contributed by atoms with van der Waals surface area (Å²) < 4.78 is 0. The van der Waals surface area contributed by atoms with Gasteiger partial charge in [0.2, 0.25) is 0 Å². The molecule has 0 aliphatic heterocycles. The second-order valence-electron chi connectivity index (χ2n) is 4.08. The van der Waals surface area contributed by atoms with Crippen LogP contribution in [0, 0.1) is 0 Å². The lowest BCUT2D eigenvalue weighted by molar-refractivity contribution is -0.117. The van der Waals surface area contributed by atoms with Gasteiger partial charge in [0, 0.05) is 18.1 Å². The molecule has 1 aliphatic rings. The highest BCUT2D eigenvalue weighted by Gasteiger charge is 2.23. The fourth-order valence-electron chi connectivity index (χ4n) is 2.02. The summed E-state index contributed by atoms with van der Waals surface area (Å²) in [4.78, 5) is 18.9. The minimum atomic E-state index is 0.383. The molecule has 1 atom stereocenters. The van der Waals surface area contributed by atoms with Gasteiger partial charge in [-0.1, -0.05) is 23.9 Å². The van der Waals surface area contributed by atoms with Crippen LogP contribution in [0.3, 0.4) is 0 Å². The number of hydrogen-bond donors (Lipinski definition) is 1. The number of nitrogens with one attached hydrogen (secondary N) is 1. The zero-order valence-electron chi connectivity index (χ0n) is 8.77. The number of fused-ring (bicyclic) bond motifs is 1. The maximum atomic E-state index is 11.2. The van der Waals surface area contributed by atoms with Crippen LogP contribution in [-0.4, -0.2) is 21.0 Å². The van der Waals surface area contributed by atoms with Crippen molar-refractivity contribution >= 4 is 28.6 Å². The molecule has 0 spiro atoms. The monoisotopic (exact) mass is 232 g/mol. The van der Waals surface area contributed by atoms with Crippen LogP contribution >= 0.6 is 11.8 Å². The minimum Gasteiger partial charge on any atom is -0.333 e. The molecule has 1 N–H and O–H groups in total. The molecule has 0 amide bonds. The van der Waals surface area contributed by atoms with E-state index in [2.05, 4.69) is 9.97 Å². The van der Waals surface area contributed by atoms with Crippen molar-refractivity contribution in [1.82, 2.24) is 9.97 Å². The van der Waals surface area contributed by atoms with Gasteiger partial charge >= 0.3 is 0 Å². The smallest absolute Gasteiger partial charge is 0.166 e. The average Bonchev–Trinajstić information content (AvgIpc) is 2.84. The Morgan fingerprint density at radius 1 is 1.38 bits per heavy atom. The molecule has 3 nitrogen and oxygen atoms in total. The summed E-state index contributed by atoms with van der Waals surface area (Å²) >= 11 is 1.69. The topological polar surface area (TPSA) is 45.8 Å². The number of thioether (sulfide) groups is 1. The van der Waals surface area contributed by atoms with E-state index in [-0.39, 0.29) is 0 Å². The number of carbonyl (C=O) groups excluding carboxylic acids is 1.